The van der Waals surface area contributed by atoms with E-state index < -0.39 is 5.56 Å². The molecule has 1 aromatic heterocycles. The summed E-state index contributed by atoms with van der Waals surface area (Å²) in [6.07, 6.45) is 1.24. The van der Waals surface area contributed by atoms with Crippen molar-refractivity contribution in [2.24, 2.45) is 0 Å². The second-order valence-corrected chi connectivity index (χ2v) is 2.42. The van der Waals surface area contributed by atoms with E-state index in [-0.39, 0.29) is 17.4 Å². The molecule has 0 aromatic carbocycles. The Kier molecular flexibility index (Phi) is 3.07. The number of hydrogen-bond acceptors (Lipinski definition) is 4. The van der Waals surface area contributed by atoms with Crippen molar-refractivity contribution in [2.45, 2.75) is 0 Å². The topological polar surface area (TPSA) is 78.0 Å². The van der Waals surface area contributed by atoms with Crippen molar-refractivity contribution in [3.63, 3.8) is 0 Å². The molecule has 0 saturated heterocycles. The third-order valence-corrected chi connectivity index (χ3v) is 1.55. The molecule has 0 fully saturated rings. The van der Waals surface area contributed by atoms with E-state index in [0.29, 0.717) is 6.54 Å². The van der Waals surface area contributed by atoms with E-state index in [1.807, 2.05) is 0 Å². The highest BCUT2D eigenvalue weighted by Crippen LogP contribution is 2.10. The molecule has 0 radical (unpaired) electrons. The fourth-order valence-corrected chi connectivity index (χ4v) is 0.851. The molecule has 1 heterocycles. The van der Waals surface area contributed by atoms with E-state index in [1.54, 1.807) is 0 Å². The lowest BCUT2D eigenvalue weighted by atomic mass is 10.5. The average molecular weight is 190 g/mol. The van der Waals surface area contributed by atoms with Crippen LogP contribution >= 0.6 is 11.6 Å². The number of aromatic amines is 1. The van der Waals surface area contributed by atoms with Crippen LogP contribution in [0.1, 0.15) is 0 Å². The zero-order chi connectivity index (χ0) is 8.97. The monoisotopic (exact) mass is 189 g/mol. The minimum atomic E-state index is -0.396. The van der Waals surface area contributed by atoms with Crippen molar-refractivity contribution in [3.8, 4) is 0 Å². The zero-order valence-electron chi connectivity index (χ0n) is 6.17. The first-order valence-electron chi connectivity index (χ1n) is 3.33. The number of aliphatic hydroxyl groups excluding tert-OH is 1. The van der Waals surface area contributed by atoms with Crippen molar-refractivity contribution in [2.75, 3.05) is 18.5 Å². The highest BCUT2D eigenvalue weighted by molar-refractivity contribution is 6.32. The van der Waals surface area contributed by atoms with Crippen molar-refractivity contribution >= 4 is 17.4 Å². The molecule has 0 atom stereocenters. The van der Waals surface area contributed by atoms with Gasteiger partial charge in [-0.15, -0.1) is 0 Å². The maximum absolute atomic E-state index is 10.9. The number of halogens is 1. The Morgan fingerprint density at radius 2 is 2.50 bits per heavy atom. The molecule has 5 nitrogen and oxygen atoms in total. The minimum Gasteiger partial charge on any atom is -0.395 e. The Bertz CT molecular complexity index is 312. The first-order chi connectivity index (χ1) is 5.75. The number of aromatic nitrogens is 2. The highest BCUT2D eigenvalue weighted by atomic mass is 35.5. The molecule has 3 N–H and O–H groups in total. The summed E-state index contributed by atoms with van der Waals surface area (Å²) in [5.74, 6) is 0.287. The lowest BCUT2D eigenvalue weighted by Crippen LogP contribution is -2.13. The second-order valence-electron chi connectivity index (χ2n) is 2.04. The number of aliphatic hydroxyl groups is 1. The van der Waals surface area contributed by atoms with Crippen molar-refractivity contribution < 1.29 is 5.11 Å². The number of rotatable bonds is 3. The van der Waals surface area contributed by atoms with E-state index in [2.05, 4.69) is 15.3 Å². The first-order valence-corrected chi connectivity index (χ1v) is 3.71. The third kappa shape index (κ3) is 1.96. The Morgan fingerprint density at radius 1 is 1.75 bits per heavy atom. The van der Waals surface area contributed by atoms with Gasteiger partial charge >= 0.3 is 0 Å². The van der Waals surface area contributed by atoms with Gasteiger partial charge in [0, 0.05) is 6.54 Å². The minimum absolute atomic E-state index is 0.00551. The number of nitrogens with one attached hydrogen (secondary N) is 2. The summed E-state index contributed by atoms with van der Waals surface area (Å²) in [5.41, 5.74) is -0.396. The SMILES string of the molecule is O=c1[nH]cnc(NCCO)c1Cl. The first kappa shape index (κ1) is 9.02. The lowest BCUT2D eigenvalue weighted by molar-refractivity contribution is 0.311. The number of nitrogens with zero attached hydrogens (tertiary/aromatic N) is 1. The summed E-state index contributed by atoms with van der Waals surface area (Å²) >= 11 is 5.58. The van der Waals surface area contributed by atoms with Gasteiger partial charge in [-0.3, -0.25) is 4.79 Å². The molecule has 0 unspecified atom stereocenters. The van der Waals surface area contributed by atoms with Crippen LogP contribution in [-0.4, -0.2) is 28.2 Å². The van der Waals surface area contributed by atoms with Crippen molar-refractivity contribution in [1.82, 2.24) is 9.97 Å². The maximum atomic E-state index is 10.9. The molecular formula is C6H8ClN3O2. The molecule has 0 saturated carbocycles. The molecule has 0 aliphatic carbocycles. The number of hydrogen-bond donors (Lipinski definition) is 3. The molecule has 0 amide bonds. The molecule has 6 heteroatoms. The highest BCUT2D eigenvalue weighted by Gasteiger charge is 2.03. The van der Waals surface area contributed by atoms with Crippen LogP contribution in [0.2, 0.25) is 5.02 Å². The Morgan fingerprint density at radius 3 is 3.17 bits per heavy atom. The maximum Gasteiger partial charge on any atom is 0.271 e. The lowest BCUT2D eigenvalue weighted by Gasteiger charge is -2.02. The van der Waals surface area contributed by atoms with E-state index >= 15 is 0 Å². The predicted molar refractivity (Wildman–Crippen MR) is 45.4 cm³/mol. The van der Waals surface area contributed by atoms with Gasteiger partial charge in [0.2, 0.25) is 0 Å². The van der Waals surface area contributed by atoms with E-state index in [4.69, 9.17) is 16.7 Å². The second kappa shape index (κ2) is 4.08. The van der Waals surface area contributed by atoms with Gasteiger partial charge in [0.1, 0.15) is 5.02 Å². The normalized spacial score (nSPS) is 9.83. The molecular weight excluding hydrogens is 182 g/mol. The van der Waals surface area contributed by atoms with Crippen LogP contribution in [0.3, 0.4) is 0 Å². The summed E-state index contributed by atoms with van der Waals surface area (Å²) in [6.45, 7) is 0.279. The summed E-state index contributed by atoms with van der Waals surface area (Å²) in [6, 6.07) is 0. The van der Waals surface area contributed by atoms with Gasteiger partial charge in [-0.25, -0.2) is 4.98 Å². The average Bonchev–Trinajstić information content (AvgIpc) is 2.08. The summed E-state index contributed by atoms with van der Waals surface area (Å²) in [4.78, 5) is 17.0. The molecule has 1 aromatic rings. The summed E-state index contributed by atoms with van der Waals surface area (Å²) in [5, 5.41) is 11.2. The van der Waals surface area contributed by atoms with Crippen molar-refractivity contribution in [1.29, 1.82) is 0 Å². The van der Waals surface area contributed by atoms with Gasteiger partial charge in [0.05, 0.1) is 12.9 Å². The zero-order valence-corrected chi connectivity index (χ0v) is 6.93. The number of anilines is 1. The van der Waals surface area contributed by atoms with E-state index in [0.717, 1.165) is 0 Å². The van der Waals surface area contributed by atoms with Crippen LogP contribution in [0.5, 0.6) is 0 Å². The molecule has 0 bridgehead atoms. The van der Waals surface area contributed by atoms with Crippen molar-refractivity contribution in [3.05, 3.63) is 21.7 Å². The fraction of sp³-hybridized carbons (Fsp3) is 0.333. The molecule has 12 heavy (non-hydrogen) atoms. The molecule has 66 valence electrons. The van der Waals surface area contributed by atoms with Crippen LogP contribution in [0.15, 0.2) is 11.1 Å². The van der Waals surface area contributed by atoms with E-state index in [1.165, 1.54) is 6.33 Å². The van der Waals surface area contributed by atoms with Gasteiger partial charge in [0.25, 0.3) is 5.56 Å². The van der Waals surface area contributed by atoms with Gasteiger partial charge in [0.15, 0.2) is 5.82 Å². The van der Waals surface area contributed by atoms with E-state index in [9.17, 15) is 4.79 Å². The van der Waals surface area contributed by atoms with Crippen LogP contribution < -0.4 is 10.9 Å². The smallest absolute Gasteiger partial charge is 0.271 e. The van der Waals surface area contributed by atoms with Crippen LogP contribution in [0.25, 0.3) is 0 Å². The summed E-state index contributed by atoms with van der Waals surface area (Å²) in [7, 11) is 0. The Balaban J connectivity index is 2.85. The molecule has 0 spiro atoms. The third-order valence-electron chi connectivity index (χ3n) is 1.20. The molecule has 1 rings (SSSR count). The Hall–Kier alpha value is -1.07. The molecule has 0 aliphatic heterocycles. The quantitative estimate of drug-likeness (QED) is 0.617. The number of H-pyrrole nitrogens is 1. The van der Waals surface area contributed by atoms with Crippen LogP contribution in [-0.2, 0) is 0 Å². The molecule has 0 aliphatic rings. The largest absolute Gasteiger partial charge is 0.395 e. The van der Waals surface area contributed by atoms with Gasteiger partial charge in [-0.05, 0) is 0 Å². The summed E-state index contributed by atoms with van der Waals surface area (Å²) < 4.78 is 0. The Labute approximate surface area is 73.4 Å². The van der Waals surface area contributed by atoms with Crippen LogP contribution in [0.4, 0.5) is 5.82 Å². The fourth-order valence-electron chi connectivity index (χ4n) is 0.681. The van der Waals surface area contributed by atoms with Gasteiger partial charge < -0.3 is 15.4 Å². The van der Waals surface area contributed by atoms with Crippen LogP contribution in [0, 0.1) is 0 Å². The van der Waals surface area contributed by atoms with Gasteiger partial charge in [-0.2, -0.15) is 0 Å². The predicted octanol–water partition coefficient (Wildman–Crippen LogP) is -0.172. The standard InChI is InChI=1S/C6H8ClN3O2/c7-4-5(8-1-2-11)9-3-10-6(4)12/h3,11H,1-2H2,(H2,8,9,10,12). The van der Waals surface area contributed by atoms with Gasteiger partial charge in [-0.1, -0.05) is 11.6 Å².